The molecular weight excluding hydrogens is 325 g/mol. The predicted molar refractivity (Wildman–Crippen MR) is 94.8 cm³/mol. The quantitative estimate of drug-likeness (QED) is 0.535. The number of halogens is 2. The summed E-state index contributed by atoms with van der Waals surface area (Å²) in [5.41, 5.74) is 12.1. The Bertz CT molecular complexity index is 433. The van der Waals surface area contributed by atoms with E-state index in [-0.39, 0.29) is 42.5 Å². The Balaban J connectivity index is 0. The van der Waals surface area contributed by atoms with E-state index in [9.17, 15) is 9.90 Å². The third kappa shape index (κ3) is 8.44. The number of aromatic hydroxyl groups is 1. The minimum absolute atomic E-state index is 0. The first-order valence-corrected chi connectivity index (χ1v) is 7.07. The number of carbonyl (C=O) groups excluding carboxylic acids is 1. The van der Waals surface area contributed by atoms with E-state index >= 15 is 0 Å². The van der Waals surface area contributed by atoms with Gasteiger partial charge in [0.25, 0.3) is 0 Å². The molecule has 5 nitrogen and oxygen atoms in total. The second kappa shape index (κ2) is 12.5. The highest BCUT2D eigenvalue weighted by Gasteiger charge is 2.16. The van der Waals surface area contributed by atoms with Gasteiger partial charge in [-0.1, -0.05) is 24.6 Å². The van der Waals surface area contributed by atoms with Crippen molar-refractivity contribution in [1.82, 2.24) is 5.32 Å². The Hall–Kier alpha value is -1.01. The molecule has 7 heteroatoms. The first-order valence-electron chi connectivity index (χ1n) is 7.07. The third-order valence-electron chi connectivity index (χ3n) is 3.21. The molecule has 0 aliphatic carbocycles. The van der Waals surface area contributed by atoms with Crippen LogP contribution in [0.25, 0.3) is 0 Å². The molecule has 1 amide bonds. The minimum atomic E-state index is -0.492. The minimum Gasteiger partial charge on any atom is -0.508 e. The predicted octanol–water partition coefficient (Wildman–Crippen LogP) is 1.74. The number of benzene rings is 1. The van der Waals surface area contributed by atoms with Crippen molar-refractivity contribution >= 4 is 30.7 Å². The van der Waals surface area contributed by atoms with Gasteiger partial charge in [0, 0.05) is 6.04 Å². The number of hydrogen-bond donors (Lipinski definition) is 4. The second-order valence-electron chi connectivity index (χ2n) is 5.13. The van der Waals surface area contributed by atoms with Gasteiger partial charge < -0.3 is 21.9 Å². The molecule has 1 aromatic rings. The fourth-order valence-electron chi connectivity index (χ4n) is 2.05. The number of hydrogen-bond acceptors (Lipinski definition) is 4. The van der Waals surface area contributed by atoms with Crippen molar-refractivity contribution < 1.29 is 9.90 Å². The van der Waals surface area contributed by atoms with E-state index in [4.69, 9.17) is 11.5 Å². The number of unbranched alkanes of at least 4 members (excludes halogenated alkanes) is 1. The molecule has 0 fully saturated rings. The van der Waals surface area contributed by atoms with Gasteiger partial charge in [-0.25, -0.2) is 0 Å². The molecule has 0 aliphatic heterocycles. The SMILES string of the molecule is C[C@@H](Cc1ccccc1O)NC(=O)[C@@H](N)CCCCN.Cl.Cl. The van der Waals surface area contributed by atoms with Gasteiger partial charge >= 0.3 is 0 Å². The highest BCUT2D eigenvalue weighted by Crippen LogP contribution is 2.17. The summed E-state index contributed by atoms with van der Waals surface area (Å²) in [5, 5.41) is 12.6. The molecule has 0 bridgehead atoms. The van der Waals surface area contributed by atoms with Gasteiger partial charge in [0.1, 0.15) is 5.75 Å². The maximum absolute atomic E-state index is 11.9. The molecule has 128 valence electrons. The summed E-state index contributed by atoms with van der Waals surface area (Å²) in [6, 6.07) is 6.56. The topological polar surface area (TPSA) is 101 Å². The van der Waals surface area contributed by atoms with Crippen molar-refractivity contribution in [2.45, 2.75) is 44.7 Å². The van der Waals surface area contributed by atoms with E-state index in [1.54, 1.807) is 12.1 Å². The van der Waals surface area contributed by atoms with Crippen LogP contribution in [0, 0.1) is 0 Å². The first-order chi connectivity index (χ1) is 9.54. The smallest absolute Gasteiger partial charge is 0.237 e. The van der Waals surface area contributed by atoms with Gasteiger partial charge in [0.2, 0.25) is 5.91 Å². The molecule has 1 rings (SSSR count). The van der Waals surface area contributed by atoms with E-state index in [0.29, 0.717) is 19.4 Å². The second-order valence-corrected chi connectivity index (χ2v) is 5.13. The molecule has 1 aromatic carbocycles. The Labute approximate surface area is 144 Å². The van der Waals surface area contributed by atoms with Crippen molar-refractivity contribution in [3.63, 3.8) is 0 Å². The van der Waals surface area contributed by atoms with Gasteiger partial charge in [0.15, 0.2) is 0 Å². The van der Waals surface area contributed by atoms with Crippen molar-refractivity contribution in [3.05, 3.63) is 29.8 Å². The van der Waals surface area contributed by atoms with Gasteiger partial charge in [-0.15, -0.1) is 24.8 Å². The van der Waals surface area contributed by atoms with Gasteiger partial charge in [-0.05, 0) is 44.4 Å². The van der Waals surface area contributed by atoms with Crippen LogP contribution in [-0.4, -0.2) is 29.6 Å². The van der Waals surface area contributed by atoms with E-state index in [0.717, 1.165) is 18.4 Å². The first kappa shape index (κ1) is 23.3. The van der Waals surface area contributed by atoms with Crippen LogP contribution in [0.2, 0.25) is 0 Å². The zero-order valence-corrected chi connectivity index (χ0v) is 14.5. The Kier molecular flexibility index (Phi) is 13.2. The molecule has 0 aliphatic rings. The number of nitrogens with two attached hydrogens (primary N) is 2. The molecule has 0 radical (unpaired) electrons. The molecule has 0 heterocycles. The molecule has 22 heavy (non-hydrogen) atoms. The van der Waals surface area contributed by atoms with Crippen LogP contribution in [0.3, 0.4) is 0 Å². The zero-order valence-electron chi connectivity index (χ0n) is 12.8. The zero-order chi connectivity index (χ0) is 15.0. The molecule has 0 unspecified atom stereocenters. The van der Waals surface area contributed by atoms with Crippen LogP contribution in [0.5, 0.6) is 5.75 Å². The van der Waals surface area contributed by atoms with Gasteiger partial charge in [-0.3, -0.25) is 4.79 Å². The number of para-hydroxylation sites is 1. The maximum atomic E-state index is 11.9. The molecule has 0 aromatic heterocycles. The number of phenols is 1. The largest absolute Gasteiger partial charge is 0.508 e. The van der Waals surface area contributed by atoms with Gasteiger partial charge in [0.05, 0.1) is 6.04 Å². The number of nitrogens with one attached hydrogen (secondary N) is 1. The summed E-state index contributed by atoms with van der Waals surface area (Å²) >= 11 is 0. The average Bonchev–Trinajstić information content (AvgIpc) is 2.41. The van der Waals surface area contributed by atoms with Crippen molar-refractivity contribution in [2.75, 3.05) is 6.54 Å². The molecule has 0 spiro atoms. The summed E-state index contributed by atoms with van der Waals surface area (Å²) in [4.78, 5) is 11.9. The fraction of sp³-hybridized carbons (Fsp3) is 0.533. The molecular formula is C15H27Cl2N3O2. The monoisotopic (exact) mass is 351 g/mol. The number of rotatable bonds is 8. The van der Waals surface area contributed by atoms with E-state index in [2.05, 4.69) is 5.32 Å². The summed E-state index contributed by atoms with van der Waals surface area (Å²) in [6.07, 6.45) is 2.97. The highest BCUT2D eigenvalue weighted by molar-refractivity contribution is 5.85. The maximum Gasteiger partial charge on any atom is 0.237 e. The molecule has 0 saturated carbocycles. The summed E-state index contributed by atoms with van der Waals surface area (Å²) < 4.78 is 0. The Morgan fingerprint density at radius 2 is 1.91 bits per heavy atom. The van der Waals surface area contributed by atoms with Crippen LogP contribution in [0.1, 0.15) is 31.7 Å². The molecule has 0 saturated heterocycles. The van der Waals surface area contributed by atoms with E-state index in [1.807, 2.05) is 19.1 Å². The van der Waals surface area contributed by atoms with Gasteiger partial charge in [-0.2, -0.15) is 0 Å². The van der Waals surface area contributed by atoms with Crippen LogP contribution < -0.4 is 16.8 Å². The van der Waals surface area contributed by atoms with Crippen molar-refractivity contribution in [3.8, 4) is 5.75 Å². The van der Waals surface area contributed by atoms with Crippen LogP contribution in [-0.2, 0) is 11.2 Å². The Morgan fingerprint density at radius 3 is 2.50 bits per heavy atom. The lowest BCUT2D eigenvalue weighted by Gasteiger charge is -2.18. The standard InChI is InChI=1S/C15H25N3O2.2ClH/c1-11(10-12-6-2-3-8-14(12)19)18-15(20)13(17)7-4-5-9-16;;/h2-3,6,8,11,13,19H,4-5,7,9-10,16-17H2,1H3,(H,18,20);2*1H/t11-,13-;;/m0../s1. The molecule has 6 N–H and O–H groups in total. The van der Waals surface area contributed by atoms with Crippen molar-refractivity contribution in [1.29, 1.82) is 0 Å². The summed E-state index contributed by atoms with van der Waals surface area (Å²) in [5.74, 6) is 0.103. The van der Waals surface area contributed by atoms with Crippen LogP contribution >= 0.6 is 24.8 Å². The number of amides is 1. The number of carbonyl (C=O) groups is 1. The van der Waals surface area contributed by atoms with Crippen molar-refractivity contribution in [2.24, 2.45) is 11.5 Å². The normalized spacial score (nSPS) is 12.5. The van der Waals surface area contributed by atoms with Crippen LogP contribution in [0.15, 0.2) is 24.3 Å². The molecule has 2 atom stereocenters. The van der Waals surface area contributed by atoms with E-state index < -0.39 is 6.04 Å². The van der Waals surface area contributed by atoms with Crippen LogP contribution in [0.4, 0.5) is 0 Å². The fourth-order valence-corrected chi connectivity index (χ4v) is 2.05. The summed E-state index contributed by atoms with van der Waals surface area (Å²) in [6.45, 7) is 2.52. The lowest BCUT2D eigenvalue weighted by molar-refractivity contribution is -0.123. The Morgan fingerprint density at radius 1 is 1.27 bits per heavy atom. The third-order valence-corrected chi connectivity index (χ3v) is 3.21. The highest BCUT2D eigenvalue weighted by atomic mass is 35.5. The number of phenolic OH excluding ortho intramolecular Hbond substituents is 1. The lowest BCUT2D eigenvalue weighted by Crippen LogP contribution is -2.45. The average molecular weight is 352 g/mol. The summed E-state index contributed by atoms with van der Waals surface area (Å²) in [7, 11) is 0. The lowest BCUT2D eigenvalue weighted by atomic mass is 10.0. The van der Waals surface area contributed by atoms with E-state index in [1.165, 1.54) is 0 Å².